The minimum Gasteiger partial charge on any atom is -0.374 e. The molecule has 0 saturated carbocycles. The van der Waals surface area contributed by atoms with Crippen molar-refractivity contribution in [3.8, 4) is 0 Å². The second-order valence-corrected chi connectivity index (χ2v) is 4.87. The summed E-state index contributed by atoms with van der Waals surface area (Å²) in [5.41, 5.74) is 3.44. The molecule has 106 valence electrons. The summed E-state index contributed by atoms with van der Waals surface area (Å²) in [7, 11) is 0. The largest absolute Gasteiger partial charge is 0.374 e. The number of hydrogen-bond donors (Lipinski definition) is 2. The predicted octanol–water partition coefficient (Wildman–Crippen LogP) is 0.921. The van der Waals surface area contributed by atoms with Crippen LogP contribution in [0.3, 0.4) is 0 Å². The SMILES string of the molecule is CCN1CCOC(C(Cc2ccccc2F)NN)C1. The van der Waals surface area contributed by atoms with Crippen LogP contribution in [0.25, 0.3) is 0 Å². The zero-order valence-electron chi connectivity index (χ0n) is 11.3. The van der Waals surface area contributed by atoms with E-state index in [0.29, 0.717) is 18.6 Å². The lowest BCUT2D eigenvalue weighted by Gasteiger charge is -2.36. The van der Waals surface area contributed by atoms with E-state index in [0.717, 1.165) is 19.6 Å². The zero-order valence-corrected chi connectivity index (χ0v) is 11.3. The molecule has 4 nitrogen and oxygen atoms in total. The summed E-state index contributed by atoms with van der Waals surface area (Å²) in [6.45, 7) is 5.61. The Morgan fingerprint density at radius 3 is 3.00 bits per heavy atom. The summed E-state index contributed by atoms with van der Waals surface area (Å²) in [4.78, 5) is 2.32. The van der Waals surface area contributed by atoms with Gasteiger partial charge in [0.25, 0.3) is 0 Å². The van der Waals surface area contributed by atoms with Crippen molar-refractivity contribution >= 4 is 0 Å². The van der Waals surface area contributed by atoms with Gasteiger partial charge < -0.3 is 4.74 Å². The number of rotatable bonds is 5. The Labute approximate surface area is 113 Å². The molecule has 1 fully saturated rings. The minimum absolute atomic E-state index is 0.00157. The molecule has 0 radical (unpaired) electrons. The standard InChI is InChI=1S/C14H22FN3O/c1-2-18-7-8-19-14(10-18)13(17-16)9-11-5-3-4-6-12(11)15/h3-6,13-14,17H,2,7-10,16H2,1H3. The Balaban J connectivity index is 2.01. The van der Waals surface area contributed by atoms with Gasteiger partial charge in [-0.2, -0.15) is 0 Å². The van der Waals surface area contributed by atoms with E-state index in [1.54, 1.807) is 12.1 Å². The first-order valence-electron chi connectivity index (χ1n) is 6.78. The maximum absolute atomic E-state index is 13.7. The molecule has 0 bridgehead atoms. The summed E-state index contributed by atoms with van der Waals surface area (Å²) in [5.74, 6) is 5.43. The van der Waals surface area contributed by atoms with Gasteiger partial charge in [0, 0.05) is 13.1 Å². The van der Waals surface area contributed by atoms with Crippen molar-refractivity contribution in [1.82, 2.24) is 10.3 Å². The molecule has 1 aliphatic rings. The smallest absolute Gasteiger partial charge is 0.126 e. The van der Waals surface area contributed by atoms with E-state index in [-0.39, 0.29) is 18.0 Å². The molecule has 1 saturated heterocycles. The molecule has 1 aromatic carbocycles. The van der Waals surface area contributed by atoms with Gasteiger partial charge in [0.15, 0.2) is 0 Å². The molecule has 2 atom stereocenters. The third-order valence-corrected chi connectivity index (χ3v) is 3.69. The predicted molar refractivity (Wildman–Crippen MR) is 73.1 cm³/mol. The number of hydrazine groups is 1. The van der Waals surface area contributed by atoms with Gasteiger partial charge >= 0.3 is 0 Å². The molecule has 0 aromatic heterocycles. The molecular formula is C14H22FN3O. The number of morpholine rings is 1. The van der Waals surface area contributed by atoms with E-state index >= 15 is 0 Å². The van der Waals surface area contributed by atoms with Gasteiger partial charge in [0.05, 0.1) is 18.8 Å². The van der Waals surface area contributed by atoms with Crippen LogP contribution >= 0.6 is 0 Å². The van der Waals surface area contributed by atoms with Gasteiger partial charge in [-0.15, -0.1) is 0 Å². The highest BCUT2D eigenvalue weighted by molar-refractivity contribution is 5.18. The number of ether oxygens (including phenoxy) is 1. The van der Waals surface area contributed by atoms with Crippen LogP contribution in [0, 0.1) is 5.82 Å². The fourth-order valence-electron chi connectivity index (χ4n) is 2.46. The molecule has 19 heavy (non-hydrogen) atoms. The van der Waals surface area contributed by atoms with Gasteiger partial charge in [-0.1, -0.05) is 25.1 Å². The topological polar surface area (TPSA) is 50.5 Å². The van der Waals surface area contributed by atoms with E-state index < -0.39 is 0 Å². The second-order valence-electron chi connectivity index (χ2n) is 4.87. The monoisotopic (exact) mass is 267 g/mol. The Morgan fingerprint density at radius 1 is 1.53 bits per heavy atom. The summed E-state index contributed by atoms with van der Waals surface area (Å²) in [5, 5.41) is 0. The van der Waals surface area contributed by atoms with Crippen LogP contribution in [0.1, 0.15) is 12.5 Å². The average Bonchev–Trinajstić information content (AvgIpc) is 2.46. The highest BCUT2D eigenvalue weighted by atomic mass is 19.1. The molecule has 5 heteroatoms. The van der Waals surface area contributed by atoms with Crippen molar-refractivity contribution in [2.75, 3.05) is 26.2 Å². The van der Waals surface area contributed by atoms with Gasteiger partial charge in [-0.05, 0) is 24.6 Å². The normalized spacial score (nSPS) is 22.4. The van der Waals surface area contributed by atoms with Gasteiger partial charge in [0.1, 0.15) is 5.82 Å². The Morgan fingerprint density at radius 2 is 2.32 bits per heavy atom. The lowest BCUT2D eigenvalue weighted by molar-refractivity contribution is -0.0448. The van der Waals surface area contributed by atoms with E-state index in [9.17, 15) is 4.39 Å². The molecule has 0 spiro atoms. The Hall–Kier alpha value is -1.01. The molecule has 1 aliphatic heterocycles. The summed E-state index contributed by atoms with van der Waals surface area (Å²) in [6.07, 6.45) is 0.532. The lowest BCUT2D eigenvalue weighted by atomic mass is 10.00. The molecule has 0 aliphatic carbocycles. The van der Waals surface area contributed by atoms with Crippen LogP contribution in [0.15, 0.2) is 24.3 Å². The fraction of sp³-hybridized carbons (Fsp3) is 0.571. The zero-order chi connectivity index (χ0) is 13.7. The van der Waals surface area contributed by atoms with Gasteiger partial charge in [-0.3, -0.25) is 16.2 Å². The van der Waals surface area contributed by atoms with Gasteiger partial charge in [-0.25, -0.2) is 4.39 Å². The van der Waals surface area contributed by atoms with E-state index in [1.165, 1.54) is 6.07 Å². The minimum atomic E-state index is -0.189. The first-order chi connectivity index (χ1) is 9.24. The van der Waals surface area contributed by atoms with Crippen molar-refractivity contribution in [2.24, 2.45) is 5.84 Å². The average molecular weight is 267 g/mol. The van der Waals surface area contributed by atoms with Gasteiger partial charge in [0.2, 0.25) is 0 Å². The third-order valence-electron chi connectivity index (χ3n) is 3.69. The Bertz CT molecular complexity index is 402. The number of nitrogens with zero attached hydrogens (tertiary/aromatic N) is 1. The molecule has 2 rings (SSSR count). The molecule has 2 unspecified atom stereocenters. The maximum atomic E-state index is 13.7. The number of hydrogen-bond acceptors (Lipinski definition) is 4. The first kappa shape index (κ1) is 14.4. The summed E-state index contributed by atoms with van der Waals surface area (Å²) in [6, 6.07) is 6.72. The van der Waals surface area contributed by atoms with Crippen molar-refractivity contribution in [3.63, 3.8) is 0 Å². The van der Waals surface area contributed by atoms with Crippen LogP contribution in [0.4, 0.5) is 4.39 Å². The number of likely N-dealkylation sites (N-methyl/N-ethyl adjacent to an activating group) is 1. The number of benzene rings is 1. The molecule has 0 amide bonds. The Kier molecular flexibility index (Phi) is 5.27. The number of halogens is 1. The van der Waals surface area contributed by atoms with Crippen molar-refractivity contribution in [2.45, 2.75) is 25.5 Å². The van der Waals surface area contributed by atoms with Crippen molar-refractivity contribution in [1.29, 1.82) is 0 Å². The summed E-state index contributed by atoms with van der Waals surface area (Å²) < 4.78 is 19.4. The molecular weight excluding hydrogens is 245 g/mol. The quantitative estimate of drug-likeness (QED) is 0.615. The van der Waals surface area contributed by atoms with Crippen LogP contribution in [0.2, 0.25) is 0 Å². The lowest BCUT2D eigenvalue weighted by Crippen LogP contribution is -2.54. The van der Waals surface area contributed by atoms with Crippen LogP contribution in [-0.2, 0) is 11.2 Å². The second kappa shape index (κ2) is 6.96. The van der Waals surface area contributed by atoms with E-state index in [4.69, 9.17) is 10.6 Å². The van der Waals surface area contributed by atoms with Crippen molar-refractivity contribution in [3.05, 3.63) is 35.6 Å². The fourth-order valence-corrected chi connectivity index (χ4v) is 2.46. The first-order valence-corrected chi connectivity index (χ1v) is 6.78. The van der Waals surface area contributed by atoms with Crippen LogP contribution in [-0.4, -0.2) is 43.3 Å². The number of nitrogens with one attached hydrogen (secondary N) is 1. The van der Waals surface area contributed by atoms with E-state index in [1.807, 2.05) is 6.07 Å². The highest BCUT2D eigenvalue weighted by Gasteiger charge is 2.27. The van der Waals surface area contributed by atoms with Crippen LogP contribution in [0.5, 0.6) is 0 Å². The third kappa shape index (κ3) is 3.73. The maximum Gasteiger partial charge on any atom is 0.126 e. The molecule has 1 aromatic rings. The molecule has 1 heterocycles. The van der Waals surface area contributed by atoms with E-state index in [2.05, 4.69) is 17.2 Å². The number of nitrogens with two attached hydrogens (primary N) is 1. The summed E-state index contributed by atoms with van der Waals surface area (Å²) >= 11 is 0. The molecule has 3 N–H and O–H groups in total. The van der Waals surface area contributed by atoms with Crippen molar-refractivity contribution < 1.29 is 9.13 Å². The highest BCUT2D eigenvalue weighted by Crippen LogP contribution is 2.15. The van der Waals surface area contributed by atoms with Crippen LogP contribution < -0.4 is 11.3 Å².